The standard InChI is InChI=1S/C11H13N3.2C2H6/c1-7-9-3-4-13-6-11(9)10(5-12)8(2)14-7;2*1-2/h13H,3-4,6H2,1-2H3;2*1-2H3. The first-order valence-corrected chi connectivity index (χ1v) is 6.84. The second-order valence-corrected chi connectivity index (χ2v) is 3.65. The topological polar surface area (TPSA) is 48.7 Å². The second-order valence-electron chi connectivity index (χ2n) is 3.65. The monoisotopic (exact) mass is 247 g/mol. The van der Waals surface area contributed by atoms with Crippen molar-refractivity contribution in [2.24, 2.45) is 0 Å². The second kappa shape index (κ2) is 8.66. The smallest absolute Gasteiger partial charge is 0.101 e. The van der Waals surface area contributed by atoms with Gasteiger partial charge in [0.25, 0.3) is 0 Å². The highest BCUT2D eigenvalue weighted by Gasteiger charge is 2.17. The number of nitriles is 1. The van der Waals surface area contributed by atoms with Crippen molar-refractivity contribution in [1.82, 2.24) is 10.3 Å². The molecule has 0 saturated heterocycles. The Hall–Kier alpha value is -1.40. The average Bonchev–Trinajstić information content (AvgIpc) is 2.44. The predicted octanol–water partition coefficient (Wildman–Crippen LogP) is 3.27. The molecule has 3 nitrogen and oxygen atoms in total. The third-order valence-corrected chi connectivity index (χ3v) is 2.77. The first-order valence-electron chi connectivity index (χ1n) is 6.84. The largest absolute Gasteiger partial charge is 0.312 e. The van der Waals surface area contributed by atoms with Gasteiger partial charge in [0.15, 0.2) is 0 Å². The van der Waals surface area contributed by atoms with E-state index in [1.807, 2.05) is 41.5 Å². The van der Waals surface area contributed by atoms with Crippen LogP contribution in [0.1, 0.15) is 55.8 Å². The van der Waals surface area contributed by atoms with Crippen LogP contribution in [-0.4, -0.2) is 11.5 Å². The first-order chi connectivity index (χ1) is 8.74. The van der Waals surface area contributed by atoms with E-state index in [4.69, 9.17) is 5.26 Å². The van der Waals surface area contributed by atoms with Crippen molar-refractivity contribution in [3.05, 3.63) is 28.1 Å². The summed E-state index contributed by atoms with van der Waals surface area (Å²) in [6, 6.07) is 2.25. The molecule has 18 heavy (non-hydrogen) atoms. The number of nitrogens with zero attached hydrogens (tertiary/aromatic N) is 2. The molecule has 1 N–H and O–H groups in total. The SMILES string of the molecule is CC.CC.Cc1nc(C)c2c(c1C#N)CNCC2. The maximum Gasteiger partial charge on any atom is 0.101 e. The number of hydrogen-bond donors (Lipinski definition) is 1. The van der Waals surface area contributed by atoms with Gasteiger partial charge in [0.05, 0.1) is 11.3 Å². The van der Waals surface area contributed by atoms with Gasteiger partial charge in [0.2, 0.25) is 0 Å². The van der Waals surface area contributed by atoms with E-state index in [0.29, 0.717) is 0 Å². The van der Waals surface area contributed by atoms with Crippen molar-refractivity contribution in [2.75, 3.05) is 6.54 Å². The highest BCUT2D eigenvalue weighted by Crippen LogP contribution is 2.22. The Morgan fingerprint density at radius 3 is 2.22 bits per heavy atom. The predicted molar refractivity (Wildman–Crippen MR) is 76.5 cm³/mol. The minimum absolute atomic E-state index is 0.762. The molecule has 1 aromatic heterocycles. The zero-order valence-corrected chi connectivity index (χ0v) is 12.5. The molecule has 2 heterocycles. The van der Waals surface area contributed by atoms with E-state index in [-0.39, 0.29) is 0 Å². The van der Waals surface area contributed by atoms with Gasteiger partial charge in [-0.25, -0.2) is 0 Å². The van der Waals surface area contributed by atoms with Gasteiger partial charge in [-0.2, -0.15) is 5.26 Å². The molecule has 1 aliphatic heterocycles. The fourth-order valence-electron chi connectivity index (χ4n) is 2.06. The highest BCUT2D eigenvalue weighted by molar-refractivity contribution is 5.47. The molecule has 0 radical (unpaired) electrons. The summed E-state index contributed by atoms with van der Waals surface area (Å²) in [6.45, 7) is 13.7. The number of nitrogens with one attached hydrogen (secondary N) is 1. The molecule has 0 unspecified atom stereocenters. The van der Waals surface area contributed by atoms with Gasteiger partial charge >= 0.3 is 0 Å². The summed E-state index contributed by atoms with van der Waals surface area (Å²) < 4.78 is 0. The van der Waals surface area contributed by atoms with Crippen LogP contribution in [0.15, 0.2) is 0 Å². The molecule has 1 aromatic rings. The van der Waals surface area contributed by atoms with Crippen LogP contribution in [0.5, 0.6) is 0 Å². The third-order valence-electron chi connectivity index (χ3n) is 2.77. The Kier molecular flexibility index (Phi) is 7.98. The number of aryl methyl sites for hydroxylation is 2. The molecule has 0 aliphatic carbocycles. The van der Waals surface area contributed by atoms with Gasteiger partial charge < -0.3 is 5.32 Å². The first kappa shape index (κ1) is 16.6. The normalized spacial score (nSPS) is 12.1. The molecule has 1 aliphatic rings. The molecular weight excluding hydrogens is 222 g/mol. The molecule has 0 amide bonds. The van der Waals surface area contributed by atoms with Crippen molar-refractivity contribution >= 4 is 0 Å². The molecule has 3 heteroatoms. The van der Waals surface area contributed by atoms with Gasteiger partial charge in [0.1, 0.15) is 6.07 Å². The molecule has 0 fully saturated rings. The van der Waals surface area contributed by atoms with Crippen LogP contribution in [0.4, 0.5) is 0 Å². The lowest BCUT2D eigenvalue weighted by molar-refractivity contribution is 0.634. The summed E-state index contributed by atoms with van der Waals surface area (Å²) in [5, 5.41) is 12.3. The molecular formula is C15H25N3. The minimum atomic E-state index is 0.762. The van der Waals surface area contributed by atoms with Gasteiger partial charge in [-0.15, -0.1) is 0 Å². The van der Waals surface area contributed by atoms with E-state index < -0.39 is 0 Å². The summed E-state index contributed by atoms with van der Waals surface area (Å²) in [4.78, 5) is 4.41. The number of rotatable bonds is 0. The van der Waals surface area contributed by atoms with Crippen LogP contribution >= 0.6 is 0 Å². The van der Waals surface area contributed by atoms with E-state index >= 15 is 0 Å². The maximum absolute atomic E-state index is 9.05. The summed E-state index contributed by atoms with van der Waals surface area (Å²) in [5.41, 5.74) is 5.12. The van der Waals surface area contributed by atoms with Crippen molar-refractivity contribution in [1.29, 1.82) is 5.26 Å². The summed E-state index contributed by atoms with van der Waals surface area (Å²) in [7, 11) is 0. The lowest BCUT2D eigenvalue weighted by atomic mass is 9.95. The van der Waals surface area contributed by atoms with Crippen LogP contribution in [0, 0.1) is 25.2 Å². The molecule has 0 atom stereocenters. The van der Waals surface area contributed by atoms with Crippen LogP contribution < -0.4 is 5.32 Å². The zero-order chi connectivity index (χ0) is 14.1. The zero-order valence-electron chi connectivity index (χ0n) is 12.5. The van der Waals surface area contributed by atoms with E-state index in [9.17, 15) is 0 Å². The lowest BCUT2D eigenvalue weighted by Crippen LogP contribution is -2.26. The quantitative estimate of drug-likeness (QED) is 0.765. The van der Waals surface area contributed by atoms with Gasteiger partial charge in [-0.1, -0.05) is 27.7 Å². The van der Waals surface area contributed by atoms with Gasteiger partial charge in [0, 0.05) is 12.2 Å². The molecule has 0 saturated carbocycles. The number of pyridine rings is 1. The average molecular weight is 247 g/mol. The van der Waals surface area contributed by atoms with E-state index in [2.05, 4.69) is 16.4 Å². The molecule has 0 spiro atoms. The number of fused-ring (bicyclic) bond motifs is 1. The maximum atomic E-state index is 9.05. The van der Waals surface area contributed by atoms with Crippen LogP contribution in [0.25, 0.3) is 0 Å². The fraction of sp³-hybridized carbons (Fsp3) is 0.600. The molecule has 0 aromatic carbocycles. The Morgan fingerprint density at radius 1 is 1.06 bits per heavy atom. The fourth-order valence-corrected chi connectivity index (χ4v) is 2.06. The van der Waals surface area contributed by atoms with E-state index in [1.165, 1.54) is 5.56 Å². The van der Waals surface area contributed by atoms with Crippen LogP contribution in [-0.2, 0) is 13.0 Å². The number of hydrogen-bond acceptors (Lipinski definition) is 3. The highest BCUT2D eigenvalue weighted by atomic mass is 14.9. The minimum Gasteiger partial charge on any atom is -0.312 e. The van der Waals surface area contributed by atoms with E-state index in [1.54, 1.807) is 0 Å². The molecule has 0 bridgehead atoms. The Labute approximate surface area is 111 Å². The van der Waals surface area contributed by atoms with E-state index in [0.717, 1.165) is 42.0 Å². The molecule has 2 rings (SSSR count). The van der Waals surface area contributed by atoms with Crippen molar-refractivity contribution in [2.45, 2.75) is 54.5 Å². The van der Waals surface area contributed by atoms with Crippen molar-refractivity contribution in [3.63, 3.8) is 0 Å². The Morgan fingerprint density at radius 2 is 1.67 bits per heavy atom. The van der Waals surface area contributed by atoms with Crippen LogP contribution in [0.3, 0.4) is 0 Å². The lowest BCUT2D eigenvalue weighted by Gasteiger charge is -2.20. The van der Waals surface area contributed by atoms with Crippen molar-refractivity contribution in [3.8, 4) is 6.07 Å². The summed E-state index contributed by atoms with van der Waals surface area (Å²) in [6.07, 6.45) is 0.989. The Balaban J connectivity index is 0.000000659. The third kappa shape index (κ3) is 3.54. The Bertz CT molecular complexity index is 417. The van der Waals surface area contributed by atoms with Gasteiger partial charge in [-0.3, -0.25) is 4.98 Å². The van der Waals surface area contributed by atoms with Crippen LogP contribution in [0.2, 0.25) is 0 Å². The summed E-state index contributed by atoms with van der Waals surface area (Å²) >= 11 is 0. The molecule has 100 valence electrons. The summed E-state index contributed by atoms with van der Waals surface area (Å²) in [5.74, 6) is 0. The number of aromatic nitrogens is 1. The van der Waals surface area contributed by atoms with Gasteiger partial charge in [-0.05, 0) is 37.9 Å². The van der Waals surface area contributed by atoms with Crippen molar-refractivity contribution < 1.29 is 0 Å².